The second kappa shape index (κ2) is 5.36. The molecule has 4 heteroatoms. The molecule has 1 aliphatic heterocycles. The maximum atomic E-state index is 11.7. The van der Waals surface area contributed by atoms with Gasteiger partial charge < -0.3 is 15.3 Å². The summed E-state index contributed by atoms with van der Waals surface area (Å²) in [6.07, 6.45) is 5.46. The Bertz CT molecular complexity index is 269. The van der Waals surface area contributed by atoms with E-state index in [0.29, 0.717) is 44.9 Å². The predicted octanol–water partition coefficient (Wildman–Crippen LogP) is 0.892. The van der Waals surface area contributed by atoms with Crippen molar-refractivity contribution in [3.63, 3.8) is 0 Å². The molecule has 0 atom stereocenters. The number of piperidine rings is 1. The standard InChI is InChI=1S/C13H24N2O2/c1-2-3-12(16)15-8-6-13(17,7-9-15)10-14-11-4-5-11/h11,14,17H,2-10H2,1H3. The summed E-state index contributed by atoms with van der Waals surface area (Å²) in [5.41, 5.74) is -0.592. The molecule has 0 aromatic rings. The van der Waals surface area contributed by atoms with Gasteiger partial charge >= 0.3 is 0 Å². The Hall–Kier alpha value is -0.610. The lowest BCUT2D eigenvalue weighted by atomic mass is 9.91. The number of hydrogen-bond acceptors (Lipinski definition) is 3. The maximum absolute atomic E-state index is 11.7. The van der Waals surface area contributed by atoms with Crippen molar-refractivity contribution in [3.8, 4) is 0 Å². The number of carbonyl (C=O) groups excluding carboxylic acids is 1. The predicted molar refractivity (Wildman–Crippen MR) is 66.7 cm³/mol. The van der Waals surface area contributed by atoms with Crippen molar-refractivity contribution in [2.75, 3.05) is 19.6 Å². The molecule has 0 spiro atoms. The third-order valence-electron chi connectivity index (χ3n) is 3.81. The molecule has 98 valence electrons. The van der Waals surface area contributed by atoms with Crippen LogP contribution in [0.5, 0.6) is 0 Å². The van der Waals surface area contributed by atoms with Crippen molar-refractivity contribution in [2.45, 2.75) is 57.1 Å². The number of nitrogens with one attached hydrogen (secondary N) is 1. The molecule has 0 radical (unpaired) electrons. The summed E-state index contributed by atoms with van der Waals surface area (Å²) in [5, 5.41) is 13.8. The monoisotopic (exact) mass is 240 g/mol. The highest BCUT2D eigenvalue weighted by Crippen LogP contribution is 2.25. The van der Waals surface area contributed by atoms with Crippen LogP contribution in [-0.2, 0) is 4.79 Å². The Balaban J connectivity index is 1.73. The zero-order valence-electron chi connectivity index (χ0n) is 10.7. The van der Waals surface area contributed by atoms with E-state index in [-0.39, 0.29) is 5.91 Å². The lowest BCUT2D eigenvalue weighted by molar-refractivity contribution is -0.135. The topological polar surface area (TPSA) is 52.6 Å². The third kappa shape index (κ3) is 3.68. The summed E-state index contributed by atoms with van der Waals surface area (Å²) in [4.78, 5) is 13.6. The lowest BCUT2D eigenvalue weighted by Gasteiger charge is -2.38. The van der Waals surface area contributed by atoms with Gasteiger partial charge in [-0.2, -0.15) is 0 Å². The summed E-state index contributed by atoms with van der Waals surface area (Å²) in [5.74, 6) is 0.240. The number of nitrogens with zero attached hydrogens (tertiary/aromatic N) is 1. The molecule has 1 heterocycles. The van der Waals surface area contributed by atoms with E-state index in [1.807, 2.05) is 11.8 Å². The lowest BCUT2D eigenvalue weighted by Crippen LogP contribution is -2.51. The molecule has 0 aromatic heterocycles. The Morgan fingerprint density at radius 3 is 2.59 bits per heavy atom. The minimum absolute atomic E-state index is 0.240. The highest BCUT2D eigenvalue weighted by Gasteiger charge is 2.35. The van der Waals surface area contributed by atoms with Gasteiger partial charge in [-0.05, 0) is 32.1 Å². The van der Waals surface area contributed by atoms with E-state index >= 15 is 0 Å². The van der Waals surface area contributed by atoms with E-state index in [9.17, 15) is 9.90 Å². The van der Waals surface area contributed by atoms with E-state index in [4.69, 9.17) is 0 Å². The van der Waals surface area contributed by atoms with Crippen molar-refractivity contribution in [2.24, 2.45) is 0 Å². The first-order valence-corrected chi connectivity index (χ1v) is 6.86. The van der Waals surface area contributed by atoms with Gasteiger partial charge in [0, 0.05) is 32.1 Å². The molecule has 2 rings (SSSR count). The molecule has 2 fully saturated rings. The number of hydrogen-bond donors (Lipinski definition) is 2. The van der Waals surface area contributed by atoms with Crippen LogP contribution in [0.4, 0.5) is 0 Å². The molecule has 2 N–H and O–H groups in total. The van der Waals surface area contributed by atoms with Crippen LogP contribution < -0.4 is 5.32 Å². The second-order valence-corrected chi connectivity index (χ2v) is 5.51. The van der Waals surface area contributed by atoms with Crippen molar-refractivity contribution in [1.82, 2.24) is 10.2 Å². The fourth-order valence-electron chi connectivity index (χ4n) is 2.34. The largest absolute Gasteiger partial charge is 0.388 e. The Morgan fingerprint density at radius 2 is 2.06 bits per heavy atom. The van der Waals surface area contributed by atoms with E-state index < -0.39 is 5.60 Å². The fraction of sp³-hybridized carbons (Fsp3) is 0.923. The first-order valence-electron chi connectivity index (χ1n) is 6.86. The number of amides is 1. The molecule has 1 saturated carbocycles. The van der Waals surface area contributed by atoms with Crippen molar-refractivity contribution in [3.05, 3.63) is 0 Å². The van der Waals surface area contributed by atoms with Gasteiger partial charge in [0.1, 0.15) is 0 Å². The van der Waals surface area contributed by atoms with Gasteiger partial charge in [-0.3, -0.25) is 4.79 Å². The molecule has 1 saturated heterocycles. The average Bonchev–Trinajstić information content (AvgIpc) is 3.12. The zero-order valence-corrected chi connectivity index (χ0v) is 10.7. The summed E-state index contributed by atoms with van der Waals surface area (Å²) in [6.45, 7) is 4.13. The molecule has 0 bridgehead atoms. The van der Waals surface area contributed by atoms with Crippen LogP contribution in [0.2, 0.25) is 0 Å². The van der Waals surface area contributed by atoms with Gasteiger partial charge in [-0.15, -0.1) is 0 Å². The molecule has 2 aliphatic rings. The van der Waals surface area contributed by atoms with Crippen LogP contribution in [-0.4, -0.2) is 47.2 Å². The van der Waals surface area contributed by atoms with Gasteiger partial charge in [0.15, 0.2) is 0 Å². The molecular weight excluding hydrogens is 216 g/mol. The SMILES string of the molecule is CCCC(=O)N1CCC(O)(CNC2CC2)CC1. The highest BCUT2D eigenvalue weighted by molar-refractivity contribution is 5.76. The van der Waals surface area contributed by atoms with Crippen molar-refractivity contribution < 1.29 is 9.90 Å². The van der Waals surface area contributed by atoms with Crippen LogP contribution in [0.1, 0.15) is 45.4 Å². The second-order valence-electron chi connectivity index (χ2n) is 5.51. The maximum Gasteiger partial charge on any atom is 0.222 e. The molecule has 4 nitrogen and oxygen atoms in total. The van der Waals surface area contributed by atoms with Gasteiger partial charge in [0.2, 0.25) is 5.91 Å². The first-order chi connectivity index (χ1) is 8.13. The van der Waals surface area contributed by atoms with Gasteiger partial charge in [-0.1, -0.05) is 6.92 Å². The highest BCUT2D eigenvalue weighted by atomic mass is 16.3. The minimum atomic E-state index is -0.592. The van der Waals surface area contributed by atoms with Crippen LogP contribution in [0, 0.1) is 0 Å². The average molecular weight is 240 g/mol. The zero-order chi connectivity index (χ0) is 12.3. The van der Waals surface area contributed by atoms with E-state index in [1.165, 1.54) is 12.8 Å². The summed E-state index contributed by atoms with van der Waals surface area (Å²) < 4.78 is 0. The molecule has 0 aromatic carbocycles. The number of rotatable bonds is 5. The molecule has 0 unspecified atom stereocenters. The smallest absolute Gasteiger partial charge is 0.222 e. The molecule has 17 heavy (non-hydrogen) atoms. The third-order valence-corrected chi connectivity index (χ3v) is 3.81. The van der Waals surface area contributed by atoms with Crippen LogP contribution in [0.3, 0.4) is 0 Å². The summed E-state index contributed by atoms with van der Waals surface area (Å²) >= 11 is 0. The Labute approximate surface area is 103 Å². The number of aliphatic hydroxyl groups is 1. The Kier molecular flexibility index (Phi) is 4.05. The molecule has 1 aliphatic carbocycles. The van der Waals surface area contributed by atoms with E-state index in [2.05, 4.69) is 5.32 Å². The molecule has 1 amide bonds. The summed E-state index contributed by atoms with van der Waals surface area (Å²) in [7, 11) is 0. The van der Waals surface area contributed by atoms with Gasteiger partial charge in [-0.25, -0.2) is 0 Å². The Morgan fingerprint density at radius 1 is 1.41 bits per heavy atom. The minimum Gasteiger partial charge on any atom is -0.388 e. The number of likely N-dealkylation sites (tertiary alicyclic amines) is 1. The van der Waals surface area contributed by atoms with Crippen LogP contribution >= 0.6 is 0 Å². The first kappa shape index (κ1) is 12.8. The van der Waals surface area contributed by atoms with Gasteiger partial charge in [0.05, 0.1) is 5.60 Å². The summed E-state index contributed by atoms with van der Waals surface area (Å²) in [6, 6.07) is 0.638. The van der Waals surface area contributed by atoms with Gasteiger partial charge in [0.25, 0.3) is 0 Å². The number of carbonyl (C=O) groups is 1. The van der Waals surface area contributed by atoms with Crippen LogP contribution in [0.15, 0.2) is 0 Å². The van der Waals surface area contributed by atoms with Crippen molar-refractivity contribution >= 4 is 5.91 Å². The van der Waals surface area contributed by atoms with Crippen LogP contribution in [0.25, 0.3) is 0 Å². The van der Waals surface area contributed by atoms with E-state index in [1.54, 1.807) is 0 Å². The van der Waals surface area contributed by atoms with E-state index in [0.717, 1.165) is 6.42 Å². The fourth-order valence-corrected chi connectivity index (χ4v) is 2.34. The molecular formula is C13H24N2O2. The quantitative estimate of drug-likeness (QED) is 0.750. The van der Waals surface area contributed by atoms with Crippen molar-refractivity contribution in [1.29, 1.82) is 0 Å². The normalized spacial score (nSPS) is 23.8.